The molecule has 0 aromatic rings. The van der Waals surface area contributed by atoms with Crippen molar-refractivity contribution >= 4 is 6.47 Å². The molecule has 0 aromatic carbocycles. The summed E-state index contributed by atoms with van der Waals surface area (Å²) in [4.78, 5) is 9.95. The van der Waals surface area contributed by atoms with Crippen molar-refractivity contribution in [3.8, 4) is 0 Å². The van der Waals surface area contributed by atoms with Crippen LogP contribution in [-0.4, -0.2) is 12.6 Å². The van der Waals surface area contributed by atoms with Gasteiger partial charge in [0.1, 0.15) is 0 Å². The number of rotatable bonds is 5. The smallest absolute Gasteiger partial charge is 0.293 e. The van der Waals surface area contributed by atoms with Crippen LogP contribution in [0.25, 0.3) is 0 Å². The van der Waals surface area contributed by atoms with E-state index < -0.39 is 0 Å². The van der Waals surface area contributed by atoms with Gasteiger partial charge in [-0.05, 0) is 31.6 Å². The first kappa shape index (κ1) is 11.5. The molecule has 0 saturated carbocycles. The van der Waals surface area contributed by atoms with Gasteiger partial charge in [-0.3, -0.25) is 4.79 Å². The van der Waals surface area contributed by atoms with Gasteiger partial charge in [-0.25, -0.2) is 0 Å². The third kappa shape index (κ3) is 7.58. The summed E-state index contributed by atoms with van der Waals surface area (Å²) in [5, 5.41) is 0. The van der Waals surface area contributed by atoms with Crippen molar-refractivity contribution in [1.82, 2.24) is 0 Å². The molecule has 1 unspecified atom stereocenters. The average molecular weight is 172 g/mol. The monoisotopic (exact) mass is 172 g/mol. The van der Waals surface area contributed by atoms with Crippen LogP contribution in [0.15, 0.2) is 0 Å². The number of hydrogen-bond acceptors (Lipinski definition) is 2. The molecule has 0 aliphatic heterocycles. The predicted molar refractivity (Wildman–Crippen MR) is 49.9 cm³/mol. The third-order valence-electron chi connectivity index (χ3n) is 1.83. The SMILES string of the molecule is CC(CCCC(C)(C)C)OC=O. The molecule has 0 aliphatic carbocycles. The van der Waals surface area contributed by atoms with E-state index in [0.29, 0.717) is 11.9 Å². The van der Waals surface area contributed by atoms with Crippen molar-refractivity contribution in [2.45, 2.75) is 53.1 Å². The van der Waals surface area contributed by atoms with Gasteiger partial charge in [0.25, 0.3) is 6.47 Å². The van der Waals surface area contributed by atoms with Crippen LogP contribution in [0.2, 0.25) is 0 Å². The number of ether oxygens (including phenoxy) is 1. The van der Waals surface area contributed by atoms with Crippen LogP contribution in [0.3, 0.4) is 0 Å². The Morgan fingerprint density at radius 1 is 1.42 bits per heavy atom. The molecule has 0 amide bonds. The average Bonchev–Trinajstić information content (AvgIpc) is 1.84. The van der Waals surface area contributed by atoms with Gasteiger partial charge in [0.2, 0.25) is 0 Å². The third-order valence-corrected chi connectivity index (χ3v) is 1.83. The summed E-state index contributed by atoms with van der Waals surface area (Å²) in [6, 6.07) is 0. The van der Waals surface area contributed by atoms with Crippen LogP contribution >= 0.6 is 0 Å². The molecule has 0 radical (unpaired) electrons. The number of hydrogen-bond donors (Lipinski definition) is 0. The second-order valence-corrected chi connectivity index (χ2v) is 4.50. The van der Waals surface area contributed by atoms with Crippen molar-refractivity contribution in [2.24, 2.45) is 5.41 Å². The largest absolute Gasteiger partial charge is 0.465 e. The van der Waals surface area contributed by atoms with E-state index in [1.807, 2.05) is 6.92 Å². The van der Waals surface area contributed by atoms with Crippen LogP contribution in [-0.2, 0) is 9.53 Å². The summed E-state index contributed by atoms with van der Waals surface area (Å²) < 4.78 is 4.78. The minimum atomic E-state index is 0.0739. The summed E-state index contributed by atoms with van der Waals surface area (Å²) in [7, 11) is 0. The first-order valence-corrected chi connectivity index (χ1v) is 4.55. The lowest BCUT2D eigenvalue weighted by molar-refractivity contribution is -0.133. The summed E-state index contributed by atoms with van der Waals surface area (Å²) in [5.74, 6) is 0. The fraction of sp³-hybridized carbons (Fsp3) is 0.900. The Kier molecular flexibility index (Phi) is 4.95. The zero-order valence-corrected chi connectivity index (χ0v) is 8.59. The number of carbonyl (C=O) groups excluding carboxylic acids is 1. The van der Waals surface area contributed by atoms with Crippen LogP contribution < -0.4 is 0 Å². The normalized spacial score (nSPS) is 14.0. The molecular weight excluding hydrogens is 152 g/mol. The lowest BCUT2D eigenvalue weighted by atomic mass is 9.89. The summed E-state index contributed by atoms with van der Waals surface area (Å²) in [5.41, 5.74) is 0.390. The van der Waals surface area contributed by atoms with Crippen molar-refractivity contribution in [2.75, 3.05) is 0 Å². The summed E-state index contributed by atoms with van der Waals surface area (Å²) in [6.45, 7) is 9.12. The predicted octanol–water partition coefficient (Wildman–Crippen LogP) is 2.76. The molecule has 0 N–H and O–H groups in total. The lowest BCUT2D eigenvalue weighted by Gasteiger charge is -2.18. The Balaban J connectivity index is 3.36. The highest BCUT2D eigenvalue weighted by atomic mass is 16.5. The Bertz CT molecular complexity index is 124. The Morgan fingerprint density at radius 2 is 2.00 bits per heavy atom. The van der Waals surface area contributed by atoms with Crippen molar-refractivity contribution in [1.29, 1.82) is 0 Å². The second kappa shape index (κ2) is 5.18. The zero-order valence-electron chi connectivity index (χ0n) is 8.59. The van der Waals surface area contributed by atoms with Gasteiger partial charge >= 0.3 is 0 Å². The van der Waals surface area contributed by atoms with Crippen molar-refractivity contribution in [3.63, 3.8) is 0 Å². The molecule has 72 valence electrons. The molecule has 2 nitrogen and oxygen atoms in total. The molecular formula is C10H20O2. The molecule has 0 aliphatic rings. The summed E-state index contributed by atoms with van der Waals surface area (Å²) >= 11 is 0. The van der Waals surface area contributed by atoms with E-state index in [0.717, 1.165) is 12.8 Å². The van der Waals surface area contributed by atoms with E-state index >= 15 is 0 Å². The van der Waals surface area contributed by atoms with E-state index in [2.05, 4.69) is 20.8 Å². The maximum Gasteiger partial charge on any atom is 0.293 e. The number of carbonyl (C=O) groups is 1. The van der Waals surface area contributed by atoms with Crippen molar-refractivity contribution in [3.05, 3.63) is 0 Å². The standard InChI is InChI=1S/C10H20O2/c1-9(12-8-11)6-5-7-10(2,3)4/h8-9H,5-7H2,1-4H3. The zero-order chi connectivity index (χ0) is 9.61. The van der Waals surface area contributed by atoms with E-state index in [1.54, 1.807) is 0 Å². The fourth-order valence-electron chi connectivity index (χ4n) is 1.08. The van der Waals surface area contributed by atoms with Gasteiger partial charge in [0, 0.05) is 0 Å². The maximum atomic E-state index is 9.95. The second-order valence-electron chi connectivity index (χ2n) is 4.50. The molecule has 1 atom stereocenters. The van der Waals surface area contributed by atoms with Crippen molar-refractivity contribution < 1.29 is 9.53 Å². The van der Waals surface area contributed by atoms with E-state index in [4.69, 9.17) is 4.74 Å². The Labute approximate surface area is 75.3 Å². The minimum absolute atomic E-state index is 0.0739. The van der Waals surface area contributed by atoms with Crippen LogP contribution in [0.1, 0.15) is 47.0 Å². The van der Waals surface area contributed by atoms with Gasteiger partial charge in [-0.15, -0.1) is 0 Å². The molecule has 2 heteroatoms. The molecule has 0 bridgehead atoms. The molecule has 12 heavy (non-hydrogen) atoms. The van der Waals surface area contributed by atoms with Gasteiger partial charge in [0.05, 0.1) is 6.10 Å². The first-order valence-electron chi connectivity index (χ1n) is 4.55. The maximum absolute atomic E-state index is 9.95. The topological polar surface area (TPSA) is 26.3 Å². The molecule has 0 fully saturated rings. The fourth-order valence-corrected chi connectivity index (χ4v) is 1.08. The van der Waals surface area contributed by atoms with Gasteiger partial charge in [-0.1, -0.05) is 20.8 Å². The molecule has 0 aromatic heterocycles. The quantitative estimate of drug-likeness (QED) is 0.596. The van der Waals surface area contributed by atoms with Crippen LogP contribution in [0.5, 0.6) is 0 Å². The lowest BCUT2D eigenvalue weighted by Crippen LogP contribution is -2.10. The molecule has 0 rings (SSSR count). The summed E-state index contributed by atoms with van der Waals surface area (Å²) in [6.07, 6.45) is 3.35. The highest BCUT2D eigenvalue weighted by molar-refractivity contribution is 5.37. The highest BCUT2D eigenvalue weighted by Crippen LogP contribution is 2.22. The van der Waals surface area contributed by atoms with Gasteiger partial charge in [-0.2, -0.15) is 0 Å². The minimum Gasteiger partial charge on any atom is -0.465 e. The van der Waals surface area contributed by atoms with Crippen LogP contribution in [0.4, 0.5) is 0 Å². The van der Waals surface area contributed by atoms with E-state index in [1.165, 1.54) is 6.42 Å². The van der Waals surface area contributed by atoms with E-state index in [-0.39, 0.29) is 6.10 Å². The van der Waals surface area contributed by atoms with Gasteiger partial charge in [0.15, 0.2) is 0 Å². The van der Waals surface area contributed by atoms with E-state index in [9.17, 15) is 4.79 Å². The molecule has 0 heterocycles. The Morgan fingerprint density at radius 3 is 2.42 bits per heavy atom. The highest BCUT2D eigenvalue weighted by Gasteiger charge is 2.10. The van der Waals surface area contributed by atoms with Crippen LogP contribution in [0, 0.1) is 5.41 Å². The first-order chi connectivity index (χ1) is 5.45. The Hall–Kier alpha value is -0.530. The van der Waals surface area contributed by atoms with Gasteiger partial charge < -0.3 is 4.74 Å². The molecule has 0 spiro atoms. The molecule has 0 saturated heterocycles.